The van der Waals surface area contributed by atoms with Crippen LogP contribution in [0.5, 0.6) is 0 Å². The summed E-state index contributed by atoms with van der Waals surface area (Å²) in [6, 6.07) is 0.270. The first-order valence-electron chi connectivity index (χ1n) is 8.49. The van der Waals surface area contributed by atoms with Gasteiger partial charge in [-0.05, 0) is 39.0 Å². The lowest BCUT2D eigenvalue weighted by atomic mass is 9.87. The van der Waals surface area contributed by atoms with E-state index in [-0.39, 0.29) is 18.4 Å². The molecule has 0 N–H and O–H groups in total. The van der Waals surface area contributed by atoms with Crippen molar-refractivity contribution in [2.75, 3.05) is 6.54 Å². The fraction of sp³-hybridized carbons (Fsp3) is 0.765. The van der Waals surface area contributed by atoms with Gasteiger partial charge in [-0.1, -0.05) is 20.3 Å². The van der Waals surface area contributed by atoms with E-state index in [1.807, 2.05) is 4.90 Å². The molecular weight excluding hydrogens is 300 g/mol. The van der Waals surface area contributed by atoms with Crippen LogP contribution in [-0.4, -0.2) is 33.2 Å². The summed E-state index contributed by atoms with van der Waals surface area (Å²) in [5, 5.41) is 3.87. The van der Waals surface area contributed by atoms with Crippen LogP contribution in [0.15, 0.2) is 0 Å². The van der Waals surface area contributed by atoms with E-state index >= 15 is 0 Å². The monoisotopic (exact) mass is 327 g/mol. The summed E-state index contributed by atoms with van der Waals surface area (Å²) in [6.07, 6.45) is 4.37. The average Bonchev–Trinajstić information content (AvgIpc) is 2.77. The zero-order valence-corrected chi connectivity index (χ0v) is 14.5. The molecule has 4 nitrogen and oxygen atoms in total. The Morgan fingerprint density at radius 3 is 2.65 bits per heavy atom. The molecule has 2 rings (SSSR count). The fourth-order valence-electron chi connectivity index (χ4n) is 3.69. The zero-order valence-electron chi connectivity index (χ0n) is 14.5. The highest BCUT2D eigenvalue weighted by molar-refractivity contribution is 5.79. The lowest BCUT2D eigenvalue weighted by Gasteiger charge is -2.40. The second-order valence-electron chi connectivity index (χ2n) is 6.61. The summed E-state index contributed by atoms with van der Waals surface area (Å²) in [4.78, 5) is 14.8. The number of aromatic nitrogens is 2. The number of carbonyl (C=O) groups is 1. The molecule has 2 atom stereocenters. The maximum atomic E-state index is 12.9. The van der Waals surface area contributed by atoms with Crippen LogP contribution in [0.3, 0.4) is 0 Å². The third-order valence-electron chi connectivity index (χ3n) is 5.01. The van der Waals surface area contributed by atoms with Crippen LogP contribution in [-0.2, 0) is 11.2 Å². The Balaban J connectivity index is 2.18. The van der Waals surface area contributed by atoms with Gasteiger partial charge >= 0.3 is 6.55 Å². The van der Waals surface area contributed by atoms with E-state index in [1.54, 1.807) is 13.8 Å². The minimum Gasteiger partial charge on any atom is -0.339 e. The number of aryl methyl sites for hydroxylation is 1. The predicted molar refractivity (Wildman–Crippen MR) is 85.5 cm³/mol. The van der Waals surface area contributed by atoms with E-state index < -0.39 is 6.55 Å². The lowest BCUT2D eigenvalue weighted by molar-refractivity contribution is -0.135. The Kier molecular flexibility index (Phi) is 5.76. The molecule has 1 saturated heterocycles. The maximum Gasteiger partial charge on any atom is 0.333 e. The zero-order chi connectivity index (χ0) is 17.1. The van der Waals surface area contributed by atoms with Crippen LogP contribution in [0.25, 0.3) is 0 Å². The van der Waals surface area contributed by atoms with E-state index in [2.05, 4.69) is 18.9 Å². The number of carbonyl (C=O) groups excluding carboxylic acids is 1. The molecule has 23 heavy (non-hydrogen) atoms. The minimum atomic E-state index is -2.67. The van der Waals surface area contributed by atoms with Crippen molar-refractivity contribution in [3.8, 4) is 0 Å². The van der Waals surface area contributed by atoms with Gasteiger partial charge in [0.2, 0.25) is 5.91 Å². The Bertz CT molecular complexity index is 556. The van der Waals surface area contributed by atoms with Gasteiger partial charge in [0.25, 0.3) is 0 Å². The predicted octanol–water partition coefficient (Wildman–Crippen LogP) is 3.86. The molecule has 0 spiro atoms. The van der Waals surface area contributed by atoms with Crippen LogP contribution in [0, 0.1) is 19.8 Å². The van der Waals surface area contributed by atoms with Gasteiger partial charge in [0, 0.05) is 23.8 Å². The third kappa shape index (κ3) is 3.72. The Morgan fingerprint density at radius 2 is 2.09 bits per heavy atom. The van der Waals surface area contributed by atoms with Crippen molar-refractivity contribution in [2.45, 2.75) is 72.4 Å². The van der Waals surface area contributed by atoms with Crippen molar-refractivity contribution in [1.29, 1.82) is 0 Å². The van der Waals surface area contributed by atoms with Crippen molar-refractivity contribution in [2.24, 2.45) is 5.92 Å². The first kappa shape index (κ1) is 17.9. The van der Waals surface area contributed by atoms with E-state index in [0.717, 1.165) is 32.2 Å². The van der Waals surface area contributed by atoms with Crippen molar-refractivity contribution in [3.05, 3.63) is 17.0 Å². The van der Waals surface area contributed by atoms with Gasteiger partial charge in [-0.2, -0.15) is 13.9 Å². The van der Waals surface area contributed by atoms with Gasteiger partial charge in [0.1, 0.15) is 0 Å². The number of halogens is 2. The van der Waals surface area contributed by atoms with Crippen LogP contribution in [0.1, 0.15) is 63.0 Å². The van der Waals surface area contributed by atoms with Crippen molar-refractivity contribution < 1.29 is 13.6 Å². The number of likely N-dealkylation sites (tertiary alicyclic amines) is 1. The summed E-state index contributed by atoms with van der Waals surface area (Å²) >= 11 is 0. The van der Waals surface area contributed by atoms with Crippen molar-refractivity contribution >= 4 is 5.91 Å². The highest BCUT2D eigenvalue weighted by atomic mass is 19.3. The Morgan fingerprint density at radius 1 is 1.39 bits per heavy atom. The molecule has 0 saturated carbocycles. The quantitative estimate of drug-likeness (QED) is 0.823. The summed E-state index contributed by atoms with van der Waals surface area (Å²) in [7, 11) is 0. The number of alkyl halides is 2. The molecule has 1 amide bonds. The molecule has 0 unspecified atom stereocenters. The largest absolute Gasteiger partial charge is 0.339 e. The van der Waals surface area contributed by atoms with E-state index in [0.29, 0.717) is 27.6 Å². The minimum absolute atomic E-state index is 0.0371. The van der Waals surface area contributed by atoms with Crippen LogP contribution in [0.2, 0.25) is 0 Å². The Labute approximate surface area is 136 Å². The van der Waals surface area contributed by atoms with Crippen molar-refractivity contribution in [1.82, 2.24) is 14.7 Å². The summed E-state index contributed by atoms with van der Waals surface area (Å²) in [6.45, 7) is 5.74. The number of hydrogen-bond acceptors (Lipinski definition) is 2. The van der Waals surface area contributed by atoms with Gasteiger partial charge < -0.3 is 4.90 Å². The van der Waals surface area contributed by atoms with Gasteiger partial charge in [-0.25, -0.2) is 4.68 Å². The topological polar surface area (TPSA) is 38.1 Å². The van der Waals surface area contributed by atoms with Crippen molar-refractivity contribution in [3.63, 3.8) is 0 Å². The molecule has 0 radical (unpaired) electrons. The number of piperidine rings is 1. The summed E-state index contributed by atoms with van der Waals surface area (Å²) in [5.74, 6) is 0.536. The summed E-state index contributed by atoms with van der Waals surface area (Å²) < 4.78 is 26.6. The molecule has 6 heteroatoms. The molecule has 130 valence electrons. The van der Waals surface area contributed by atoms with Gasteiger partial charge in [-0.15, -0.1) is 0 Å². The van der Waals surface area contributed by atoms with Crippen LogP contribution < -0.4 is 0 Å². The summed E-state index contributed by atoms with van der Waals surface area (Å²) in [5.41, 5.74) is 1.56. The van der Waals surface area contributed by atoms with Gasteiger partial charge in [0.15, 0.2) is 0 Å². The smallest absolute Gasteiger partial charge is 0.333 e. The number of amides is 1. The SMILES string of the molecule is CCC[C@H]1[C@H](C)CCCN1C(=O)Cc1c(C)nn(C(F)F)c1C. The van der Waals surface area contributed by atoms with Crippen LogP contribution >= 0.6 is 0 Å². The number of nitrogens with zero attached hydrogens (tertiary/aromatic N) is 3. The second kappa shape index (κ2) is 7.41. The van der Waals surface area contributed by atoms with E-state index in [1.165, 1.54) is 0 Å². The standard InChI is InChI=1S/C17H27F2N3O/c1-5-7-15-11(2)8-6-9-21(15)16(23)10-14-12(3)20-22(13(14)4)17(18)19/h11,15,17H,5-10H2,1-4H3/t11-,15+/m1/s1. The highest BCUT2D eigenvalue weighted by Gasteiger charge is 2.32. The molecule has 1 aromatic heterocycles. The van der Waals surface area contributed by atoms with Crippen LogP contribution in [0.4, 0.5) is 8.78 Å². The normalized spacial score (nSPS) is 22.0. The maximum absolute atomic E-state index is 12.9. The molecular formula is C17H27F2N3O. The number of hydrogen-bond donors (Lipinski definition) is 0. The fourth-order valence-corrected chi connectivity index (χ4v) is 3.69. The van der Waals surface area contributed by atoms with Gasteiger partial charge in [-0.3, -0.25) is 4.79 Å². The van der Waals surface area contributed by atoms with Gasteiger partial charge in [0.05, 0.1) is 12.1 Å². The molecule has 0 bridgehead atoms. The molecule has 0 aromatic carbocycles. The first-order valence-corrected chi connectivity index (χ1v) is 8.49. The average molecular weight is 327 g/mol. The molecule has 2 heterocycles. The third-order valence-corrected chi connectivity index (χ3v) is 5.01. The second-order valence-corrected chi connectivity index (χ2v) is 6.61. The molecule has 0 aliphatic carbocycles. The Hall–Kier alpha value is -1.46. The lowest BCUT2D eigenvalue weighted by Crippen LogP contribution is -2.48. The molecule has 1 aromatic rings. The first-order chi connectivity index (χ1) is 10.9. The molecule has 1 aliphatic rings. The van der Waals surface area contributed by atoms with E-state index in [9.17, 15) is 13.6 Å². The molecule has 1 fully saturated rings. The van der Waals surface area contributed by atoms with E-state index in [4.69, 9.17) is 0 Å². The highest BCUT2D eigenvalue weighted by Crippen LogP contribution is 2.28. The molecule has 1 aliphatic heterocycles. The number of rotatable bonds is 5.